The van der Waals surface area contributed by atoms with E-state index in [9.17, 15) is 17.6 Å². The second kappa shape index (κ2) is 7.44. The number of hydrogen-bond acceptors (Lipinski definition) is 3. The summed E-state index contributed by atoms with van der Waals surface area (Å²) in [6.45, 7) is 3.35. The first kappa shape index (κ1) is 16.7. The van der Waals surface area contributed by atoms with E-state index in [1.54, 1.807) is 0 Å². The van der Waals surface area contributed by atoms with Gasteiger partial charge in [-0.05, 0) is 6.42 Å². The Bertz CT molecular complexity index is 428. The van der Waals surface area contributed by atoms with Crippen molar-refractivity contribution in [3.05, 3.63) is 29.3 Å². The van der Waals surface area contributed by atoms with Crippen LogP contribution in [0.1, 0.15) is 20.3 Å². The Morgan fingerprint density at radius 3 is 2.15 bits per heavy atom. The second-order valence-electron chi connectivity index (χ2n) is 4.64. The lowest BCUT2D eigenvalue weighted by atomic mass is 10.2. The van der Waals surface area contributed by atoms with Crippen LogP contribution in [0.5, 0.6) is 5.75 Å². The number of nitrogens with one attached hydrogen (secondary N) is 1. The molecule has 2 N–H and O–H groups in total. The van der Waals surface area contributed by atoms with E-state index in [1.807, 2.05) is 13.8 Å². The van der Waals surface area contributed by atoms with Crippen molar-refractivity contribution in [1.29, 1.82) is 0 Å². The number of hydrogen-bond donors (Lipinski definition) is 2. The zero-order valence-electron chi connectivity index (χ0n) is 11.2. The quantitative estimate of drug-likeness (QED) is 0.599. The molecule has 0 spiro atoms. The summed E-state index contributed by atoms with van der Waals surface area (Å²) in [6, 6.07) is -0.110. The lowest BCUT2D eigenvalue weighted by Gasteiger charge is -2.19. The molecule has 0 aromatic heterocycles. The topological polar surface area (TPSA) is 41.5 Å². The lowest BCUT2D eigenvalue weighted by molar-refractivity contribution is 0.195. The molecule has 1 atom stereocenters. The first-order valence-corrected chi connectivity index (χ1v) is 6.19. The van der Waals surface area contributed by atoms with Crippen molar-refractivity contribution in [3.8, 4) is 5.75 Å². The normalized spacial score (nSPS) is 12.8. The number of ether oxygens (including phenoxy) is 1. The number of aliphatic hydroxyl groups is 1. The Morgan fingerprint density at radius 1 is 1.15 bits per heavy atom. The summed E-state index contributed by atoms with van der Waals surface area (Å²) in [7, 11) is 0. The van der Waals surface area contributed by atoms with Gasteiger partial charge < -0.3 is 15.2 Å². The van der Waals surface area contributed by atoms with Gasteiger partial charge in [-0.25, -0.2) is 8.78 Å². The lowest BCUT2D eigenvalue weighted by Crippen LogP contribution is -2.38. The van der Waals surface area contributed by atoms with Gasteiger partial charge in [-0.1, -0.05) is 13.8 Å². The molecule has 0 saturated carbocycles. The smallest absolute Gasteiger partial charge is 0.203 e. The summed E-state index contributed by atoms with van der Waals surface area (Å²) >= 11 is 0. The molecule has 1 aromatic rings. The summed E-state index contributed by atoms with van der Waals surface area (Å²) in [5, 5.41) is 12.1. The molecule has 7 heteroatoms. The Morgan fingerprint density at radius 2 is 1.70 bits per heavy atom. The van der Waals surface area contributed by atoms with Gasteiger partial charge in [-0.15, -0.1) is 0 Å². The molecule has 0 fully saturated rings. The fourth-order valence-corrected chi connectivity index (χ4v) is 1.68. The molecule has 1 unspecified atom stereocenters. The Labute approximate surface area is 114 Å². The van der Waals surface area contributed by atoms with Crippen LogP contribution in [0.3, 0.4) is 0 Å². The van der Waals surface area contributed by atoms with E-state index in [1.165, 1.54) is 0 Å². The van der Waals surface area contributed by atoms with E-state index in [0.29, 0.717) is 0 Å². The maximum Gasteiger partial charge on any atom is 0.203 e. The van der Waals surface area contributed by atoms with E-state index >= 15 is 0 Å². The van der Waals surface area contributed by atoms with Gasteiger partial charge in [0, 0.05) is 18.2 Å². The van der Waals surface area contributed by atoms with Crippen LogP contribution >= 0.6 is 0 Å². The molecular formula is C13H17F4NO2. The Balaban J connectivity index is 2.66. The summed E-state index contributed by atoms with van der Waals surface area (Å²) < 4.78 is 57.2. The van der Waals surface area contributed by atoms with Gasteiger partial charge in [0.2, 0.25) is 11.6 Å². The monoisotopic (exact) mass is 295 g/mol. The fourth-order valence-electron chi connectivity index (χ4n) is 1.68. The third-order valence-corrected chi connectivity index (χ3v) is 2.57. The standard InChI is InChI=1S/C13H17F4NO2/c1-7(2)18-8(6-19)3-4-20-13-11(16)9(14)5-10(15)12(13)17/h5,7-8,18-19H,3-4,6H2,1-2H3. The minimum absolute atomic E-state index is 0.104. The molecule has 1 aromatic carbocycles. The fraction of sp³-hybridized carbons (Fsp3) is 0.538. The number of aliphatic hydroxyl groups excluding tert-OH is 1. The number of rotatable bonds is 7. The zero-order valence-corrected chi connectivity index (χ0v) is 11.2. The molecule has 0 aliphatic heterocycles. The van der Waals surface area contributed by atoms with Crippen molar-refractivity contribution >= 4 is 0 Å². The highest BCUT2D eigenvalue weighted by molar-refractivity contribution is 5.28. The van der Waals surface area contributed by atoms with Crippen molar-refractivity contribution in [2.75, 3.05) is 13.2 Å². The van der Waals surface area contributed by atoms with Crippen LogP contribution in [-0.4, -0.2) is 30.4 Å². The third-order valence-electron chi connectivity index (χ3n) is 2.57. The van der Waals surface area contributed by atoms with Crippen LogP contribution in [-0.2, 0) is 0 Å². The van der Waals surface area contributed by atoms with Gasteiger partial charge >= 0.3 is 0 Å². The van der Waals surface area contributed by atoms with Crippen molar-refractivity contribution in [3.63, 3.8) is 0 Å². The molecule has 20 heavy (non-hydrogen) atoms. The first-order valence-electron chi connectivity index (χ1n) is 6.19. The molecule has 0 heterocycles. The van der Waals surface area contributed by atoms with Gasteiger partial charge in [-0.2, -0.15) is 8.78 Å². The maximum atomic E-state index is 13.3. The SMILES string of the molecule is CC(C)NC(CO)CCOc1c(F)c(F)cc(F)c1F. The molecule has 114 valence electrons. The van der Waals surface area contributed by atoms with Crippen LogP contribution in [0.25, 0.3) is 0 Å². The summed E-state index contributed by atoms with van der Waals surface area (Å²) in [5.74, 6) is -7.25. The predicted molar refractivity (Wildman–Crippen MR) is 65.5 cm³/mol. The van der Waals surface area contributed by atoms with Gasteiger partial charge in [0.15, 0.2) is 17.4 Å². The Kier molecular flexibility index (Phi) is 6.22. The van der Waals surface area contributed by atoms with Crippen LogP contribution in [0.4, 0.5) is 17.6 Å². The highest BCUT2D eigenvalue weighted by Crippen LogP contribution is 2.26. The average molecular weight is 295 g/mol. The number of halogens is 4. The minimum Gasteiger partial charge on any atom is -0.487 e. The van der Waals surface area contributed by atoms with Crippen molar-refractivity contribution < 1.29 is 27.4 Å². The molecule has 0 saturated heterocycles. The zero-order chi connectivity index (χ0) is 15.3. The minimum atomic E-state index is -1.57. The van der Waals surface area contributed by atoms with Gasteiger partial charge in [0.1, 0.15) is 0 Å². The molecule has 0 bridgehead atoms. The van der Waals surface area contributed by atoms with E-state index < -0.39 is 29.0 Å². The Hall–Kier alpha value is -1.34. The van der Waals surface area contributed by atoms with E-state index in [2.05, 4.69) is 5.32 Å². The third kappa shape index (κ3) is 4.35. The van der Waals surface area contributed by atoms with Crippen LogP contribution in [0, 0.1) is 23.3 Å². The number of benzene rings is 1. The maximum absolute atomic E-state index is 13.3. The van der Waals surface area contributed by atoms with E-state index in [-0.39, 0.29) is 37.8 Å². The van der Waals surface area contributed by atoms with Crippen molar-refractivity contribution in [2.24, 2.45) is 0 Å². The summed E-state index contributed by atoms with van der Waals surface area (Å²) in [5.41, 5.74) is 0. The molecule has 3 nitrogen and oxygen atoms in total. The highest BCUT2D eigenvalue weighted by atomic mass is 19.2. The molecule has 0 aliphatic carbocycles. The molecule has 0 aliphatic rings. The van der Waals surface area contributed by atoms with Crippen LogP contribution in [0.15, 0.2) is 6.07 Å². The highest BCUT2D eigenvalue weighted by Gasteiger charge is 2.21. The summed E-state index contributed by atoms with van der Waals surface area (Å²) in [6.07, 6.45) is 0.228. The van der Waals surface area contributed by atoms with Gasteiger partial charge in [-0.3, -0.25) is 0 Å². The van der Waals surface area contributed by atoms with Crippen molar-refractivity contribution in [2.45, 2.75) is 32.4 Å². The second-order valence-corrected chi connectivity index (χ2v) is 4.64. The summed E-state index contributed by atoms with van der Waals surface area (Å²) in [4.78, 5) is 0. The average Bonchev–Trinajstić information content (AvgIpc) is 2.38. The van der Waals surface area contributed by atoms with Crippen molar-refractivity contribution in [1.82, 2.24) is 5.32 Å². The van der Waals surface area contributed by atoms with E-state index in [4.69, 9.17) is 9.84 Å². The predicted octanol–water partition coefficient (Wildman–Crippen LogP) is 2.37. The van der Waals surface area contributed by atoms with Crippen LogP contribution in [0.2, 0.25) is 0 Å². The van der Waals surface area contributed by atoms with Crippen LogP contribution < -0.4 is 10.1 Å². The van der Waals surface area contributed by atoms with Gasteiger partial charge in [0.05, 0.1) is 13.2 Å². The van der Waals surface area contributed by atoms with Gasteiger partial charge in [0.25, 0.3) is 0 Å². The largest absolute Gasteiger partial charge is 0.487 e. The first-order chi connectivity index (χ1) is 9.36. The van der Waals surface area contributed by atoms with E-state index in [0.717, 1.165) is 0 Å². The molecule has 1 rings (SSSR count). The molecule has 0 radical (unpaired) electrons. The molecular weight excluding hydrogens is 278 g/mol. The molecule has 0 amide bonds.